The molecule has 124 valence electrons. The Hall–Kier alpha value is -1.00. The zero-order valence-corrected chi connectivity index (χ0v) is 14.0. The van der Waals surface area contributed by atoms with Gasteiger partial charge in [0.15, 0.2) is 0 Å². The Morgan fingerprint density at radius 1 is 1.27 bits per heavy atom. The van der Waals surface area contributed by atoms with Gasteiger partial charge in [0.25, 0.3) is 10.2 Å². The minimum atomic E-state index is -3.84. The first-order valence-electron chi connectivity index (χ1n) is 7.06. The van der Waals surface area contributed by atoms with Crippen LogP contribution >= 0.6 is 0 Å². The summed E-state index contributed by atoms with van der Waals surface area (Å²) in [5.74, 6) is 0. The number of benzene rings is 1. The first kappa shape index (κ1) is 17.4. The first-order valence-corrected chi connectivity index (χ1v) is 10.0. The molecule has 0 aliphatic carbocycles. The minimum Gasteiger partial charge on any atom is -0.216 e. The van der Waals surface area contributed by atoms with Crippen molar-refractivity contribution in [1.82, 2.24) is 9.03 Å². The fourth-order valence-electron chi connectivity index (χ4n) is 2.62. The van der Waals surface area contributed by atoms with E-state index in [1.807, 2.05) is 13.0 Å². The third kappa shape index (κ3) is 4.26. The second-order valence-corrected chi connectivity index (χ2v) is 8.74. The van der Waals surface area contributed by atoms with Gasteiger partial charge in [0.1, 0.15) is 0 Å². The summed E-state index contributed by atoms with van der Waals surface area (Å²) in [7, 11) is -7.48. The molecule has 2 rings (SSSR count). The van der Waals surface area contributed by atoms with Gasteiger partial charge in [-0.3, -0.25) is 0 Å². The van der Waals surface area contributed by atoms with Crippen molar-refractivity contribution in [3.63, 3.8) is 0 Å². The highest BCUT2D eigenvalue weighted by Gasteiger charge is 2.33. The molecule has 0 aromatic heterocycles. The molecule has 1 aromatic rings. The van der Waals surface area contributed by atoms with Gasteiger partial charge < -0.3 is 0 Å². The summed E-state index contributed by atoms with van der Waals surface area (Å²) >= 11 is 0. The van der Waals surface area contributed by atoms with Gasteiger partial charge in [-0.25, -0.2) is 18.3 Å². The van der Waals surface area contributed by atoms with Gasteiger partial charge in [0.05, 0.1) is 4.90 Å². The van der Waals surface area contributed by atoms with E-state index in [2.05, 4.69) is 4.72 Å². The van der Waals surface area contributed by atoms with Gasteiger partial charge in [-0.1, -0.05) is 18.6 Å². The Morgan fingerprint density at radius 2 is 2.00 bits per heavy atom. The molecule has 0 saturated carbocycles. The highest BCUT2D eigenvalue weighted by atomic mass is 32.2. The van der Waals surface area contributed by atoms with Crippen LogP contribution in [-0.4, -0.2) is 40.3 Å². The maximum Gasteiger partial charge on any atom is 0.274 e. The summed E-state index contributed by atoms with van der Waals surface area (Å²) in [6.45, 7) is 2.20. The van der Waals surface area contributed by atoms with Crippen molar-refractivity contribution in [2.24, 2.45) is 5.14 Å². The lowest BCUT2D eigenvalue weighted by atomic mass is 10.1. The largest absolute Gasteiger partial charge is 0.274 e. The van der Waals surface area contributed by atoms with E-state index in [9.17, 15) is 16.8 Å². The van der Waals surface area contributed by atoms with E-state index in [0.717, 1.165) is 18.4 Å². The van der Waals surface area contributed by atoms with E-state index in [1.165, 1.54) is 4.31 Å². The van der Waals surface area contributed by atoms with E-state index < -0.39 is 26.3 Å². The first-order chi connectivity index (χ1) is 10.2. The van der Waals surface area contributed by atoms with Gasteiger partial charge in [-0.15, -0.1) is 0 Å². The predicted octanol–water partition coefficient (Wildman–Crippen LogP) is 0.331. The standard InChI is InChI=1S/C13H21N3O4S2/c1-11-5-4-7-13(9-11)21(17,18)16-8-3-2-6-12(16)10-15-22(14,19)20/h4-5,7,9,12,15H,2-3,6,8,10H2,1H3,(H2,14,19,20). The zero-order chi connectivity index (χ0) is 16.4. The van der Waals surface area contributed by atoms with Crippen LogP contribution in [0.3, 0.4) is 0 Å². The maximum atomic E-state index is 12.8. The molecule has 9 heteroatoms. The normalized spacial score (nSPS) is 20.9. The molecule has 1 fully saturated rings. The van der Waals surface area contributed by atoms with Crippen molar-refractivity contribution in [3.05, 3.63) is 29.8 Å². The van der Waals surface area contributed by atoms with Crippen LogP contribution in [0, 0.1) is 6.92 Å². The van der Waals surface area contributed by atoms with E-state index in [-0.39, 0.29) is 11.4 Å². The van der Waals surface area contributed by atoms with Crippen molar-refractivity contribution in [1.29, 1.82) is 0 Å². The fourth-order valence-corrected chi connectivity index (χ4v) is 4.84. The molecule has 3 N–H and O–H groups in total. The molecule has 22 heavy (non-hydrogen) atoms. The number of piperidine rings is 1. The fraction of sp³-hybridized carbons (Fsp3) is 0.538. The van der Waals surface area contributed by atoms with E-state index in [4.69, 9.17) is 5.14 Å². The molecule has 1 atom stereocenters. The minimum absolute atomic E-state index is 0.0100. The molecule has 0 spiro atoms. The number of aryl methyl sites for hydroxylation is 1. The van der Waals surface area contributed by atoms with Crippen LogP contribution in [0.4, 0.5) is 0 Å². The lowest BCUT2D eigenvalue weighted by Crippen LogP contribution is -2.50. The Bertz CT molecular complexity index is 731. The van der Waals surface area contributed by atoms with Crippen molar-refractivity contribution in [2.45, 2.75) is 37.1 Å². The van der Waals surface area contributed by atoms with Crippen molar-refractivity contribution < 1.29 is 16.8 Å². The van der Waals surface area contributed by atoms with Crippen molar-refractivity contribution >= 4 is 20.2 Å². The monoisotopic (exact) mass is 347 g/mol. The van der Waals surface area contributed by atoms with Crippen LogP contribution < -0.4 is 9.86 Å². The van der Waals surface area contributed by atoms with Crippen LogP contribution in [0.5, 0.6) is 0 Å². The maximum absolute atomic E-state index is 12.8. The van der Waals surface area contributed by atoms with Gasteiger partial charge in [-0.2, -0.15) is 12.7 Å². The number of sulfonamides is 1. The quantitative estimate of drug-likeness (QED) is 0.800. The lowest BCUT2D eigenvalue weighted by molar-refractivity contribution is 0.253. The molecular formula is C13H21N3O4S2. The zero-order valence-electron chi connectivity index (χ0n) is 12.4. The average Bonchev–Trinajstić information content (AvgIpc) is 2.44. The molecule has 1 saturated heterocycles. The van der Waals surface area contributed by atoms with E-state index in [0.29, 0.717) is 13.0 Å². The second kappa shape index (κ2) is 6.63. The van der Waals surface area contributed by atoms with Gasteiger partial charge in [0.2, 0.25) is 10.0 Å². The molecule has 0 amide bonds. The number of hydrogen-bond acceptors (Lipinski definition) is 4. The SMILES string of the molecule is Cc1cccc(S(=O)(=O)N2CCCCC2CNS(N)(=O)=O)c1. The Kier molecular flexibility index (Phi) is 5.23. The number of rotatable bonds is 5. The molecule has 0 bridgehead atoms. The number of hydrogen-bond donors (Lipinski definition) is 2. The van der Waals surface area contributed by atoms with Crippen LogP contribution in [0.25, 0.3) is 0 Å². The Balaban J connectivity index is 2.26. The van der Waals surface area contributed by atoms with Crippen LogP contribution in [0.15, 0.2) is 29.2 Å². The third-order valence-corrected chi connectivity index (χ3v) is 6.21. The summed E-state index contributed by atoms with van der Waals surface area (Å²) in [6, 6.07) is 6.28. The smallest absolute Gasteiger partial charge is 0.216 e. The van der Waals surface area contributed by atoms with Crippen LogP contribution in [0.1, 0.15) is 24.8 Å². The Morgan fingerprint density at radius 3 is 2.64 bits per heavy atom. The van der Waals surface area contributed by atoms with Gasteiger partial charge in [0, 0.05) is 19.1 Å². The van der Waals surface area contributed by atoms with Crippen molar-refractivity contribution in [3.8, 4) is 0 Å². The molecule has 7 nitrogen and oxygen atoms in total. The van der Waals surface area contributed by atoms with Crippen LogP contribution in [0.2, 0.25) is 0 Å². The summed E-state index contributed by atoms with van der Waals surface area (Å²) in [6.07, 6.45) is 2.22. The lowest BCUT2D eigenvalue weighted by Gasteiger charge is -2.34. The molecule has 1 aromatic carbocycles. The topological polar surface area (TPSA) is 110 Å². The molecular weight excluding hydrogens is 326 g/mol. The van der Waals surface area contributed by atoms with E-state index in [1.54, 1.807) is 18.2 Å². The number of nitrogens with two attached hydrogens (primary N) is 1. The van der Waals surface area contributed by atoms with E-state index >= 15 is 0 Å². The van der Waals surface area contributed by atoms with Crippen LogP contribution in [-0.2, 0) is 20.2 Å². The summed E-state index contributed by atoms with van der Waals surface area (Å²) in [4.78, 5) is 0.231. The molecule has 1 aliphatic rings. The third-order valence-electron chi connectivity index (χ3n) is 3.69. The number of nitrogens with zero attached hydrogens (tertiary/aromatic N) is 1. The average molecular weight is 347 g/mol. The molecule has 1 heterocycles. The highest BCUT2D eigenvalue weighted by Crippen LogP contribution is 2.25. The molecule has 1 unspecified atom stereocenters. The summed E-state index contributed by atoms with van der Waals surface area (Å²) in [5, 5.41) is 4.93. The molecule has 1 aliphatic heterocycles. The summed E-state index contributed by atoms with van der Waals surface area (Å²) in [5.41, 5.74) is 0.859. The van der Waals surface area contributed by atoms with Gasteiger partial charge >= 0.3 is 0 Å². The second-order valence-electron chi connectivity index (χ2n) is 5.48. The number of nitrogens with one attached hydrogen (secondary N) is 1. The van der Waals surface area contributed by atoms with Crippen molar-refractivity contribution in [2.75, 3.05) is 13.1 Å². The summed E-state index contributed by atoms with van der Waals surface area (Å²) < 4.78 is 51.2. The molecule has 0 radical (unpaired) electrons. The highest BCUT2D eigenvalue weighted by molar-refractivity contribution is 7.89. The van der Waals surface area contributed by atoms with Gasteiger partial charge in [-0.05, 0) is 37.5 Å². The Labute approximate surface area is 131 Å². The predicted molar refractivity (Wildman–Crippen MR) is 83.8 cm³/mol.